The molecule has 0 saturated carbocycles. The van der Waals surface area contributed by atoms with E-state index in [1.165, 1.54) is 0 Å². The lowest BCUT2D eigenvalue weighted by Crippen LogP contribution is -2.52. The number of aliphatic hydroxyl groups is 1. The van der Waals surface area contributed by atoms with Crippen molar-refractivity contribution in [3.05, 3.63) is 123 Å². The summed E-state index contributed by atoms with van der Waals surface area (Å²) in [5.74, 6) is -0.425. The summed E-state index contributed by atoms with van der Waals surface area (Å²) in [5, 5.41) is 21.1. The van der Waals surface area contributed by atoms with E-state index in [0.29, 0.717) is 43.7 Å². The van der Waals surface area contributed by atoms with Gasteiger partial charge in [0.25, 0.3) is 11.8 Å². The Morgan fingerprint density at radius 3 is 2.51 bits per heavy atom. The SMILES string of the molecule is Cc1csc(C2CCCN2C(=O)c2cccc(C(=O)NC(Cc3ccccc3)C(O)C3CC(OCc4ccccc4)CN3)c2)n1. The number of aliphatic hydroxyl groups excluding tert-OH is 1. The zero-order valence-electron chi connectivity index (χ0n) is 25.5. The minimum atomic E-state index is -0.851. The van der Waals surface area contributed by atoms with Gasteiger partial charge in [-0.1, -0.05) is 66.7 Å². The molecule has 2 fully saturated rings. The van der Waals surface area contributed by atoms with Crippen LogP contribution in [0, 0.1) is 6.92 Å². The van der Waals surface area contributed by atoms with Crippen molar-refractivity contribution >= 4 is 23.2 Å². The van der Waals surface area contributed by atoms with Gasteiger partial charge in [-0.05, 0) is 61.9 Å². The molecule has 6 rings (SSSR count). The molecule has 2 amide bonds. The molecule has 8 nitrogen and oxygen atoms in total. The van der Waals surface area contributed by atoms with Gasteiger partial charge in [-0.15, -0.1) is 11.3 Å². The van der Waals surface area contributed by atoms with Gasteiger partial charge < -0.3 is 25.4 Å². The van der Waals surface area contributed by atoms with E-state index in [0.717, 1.165) is 34.7 Å². The number of rotatable bonds is 11. The number of nitrogens with one attached hydrogen (secondary N) is 2. The number of hydrogen-bond donors (Lipinski definition) is 3. The molecule has 2 aliphatic heterocycles. The van der Waals surface area contributed by atoms with E-state index in [2.05, 4.69) is 15.6 Å². The predicted octanol–water partition coefficient (Wildman–Crippen LogP) is 5.08. The van der Waals surface area contributed by atoms with Crippen LogP contribution in [0.1, 0.15) is 67.8 Å². The number of aromatic nitrogens is 1. The summed E-state index contributed by atoms with van der Waals surface area (Å²) in [6.07, 6.45) is 2.00. The summed E-state index contributed by atoms with van der Waals surface area (Å²) in [4.78, 5) is 33.8. The Hall–Kier alpha value is -3.89. The van der Waals surface area contributed by atoms with Crippen LogP contribution in [0.5, 0.6) is 0 Å². The molecule has 3 aromatic carbocycles. The monoisotopic (exact) mass is 624 g/mol. The first-order valence-corrected chi connectivity index (χ1v) is 16.6. The summed E-state index contributed by atoms with van der Waals surface area (Å²) >= 11 is 1.59. The van der Waals surface area contributed by atoms with Gasteiger partial charge in [-0.3, -0.25) is 9.59 Å². The van der Waals surface area contributed by atoms with Crippen molar-refractivity contribution in [2.24, 2.45) is 0 Å². The molecule has 234 valence electrons. The van der Waals surface area contributed by atoms with Crippen molar-refractivity contribution in [3.8, 4) is 0 Å². The van der Waals surface area contributed by atoms with Gasteiger partial charge >= 0.3 is 0 Å². The molecule has 0 bridgehead atoms. The van der Waals surface area contributed by atoms with Gasteiger partial charge in [0, 0.05) is 41.3 Å². The molecule has 2 aliphatic rings. The number of likely N-dealkylation sites (tertiary alicyclic amines) is 1. The summed E-state index contributed by atoms with van der Waals surface area (Å²) in [5.41, 5.74) is 3.94. The molecule has 3 heterocycles. The maximum atomic E-state index is 13.7. The number of thiazole rings is 1. The Morgan fingerprint density at radius 2 is 1.78 bits per heavy atom. The number of amides is 2. The van der Waals surface area contributed by atoms with Gasteiger partial charge in [0.1, 0.15) is 5.01 Å². The van der Waals surface area contributed by atoms with Crippen molar-refractivity contribution in [2.75, 3.05) is 13.1 Å². The van der Waals surface area contributed by atoms with Gasteiger partial charge in [-0.2, -0.15) is 0 Å². The quantitative estimate of drug-likeness (QED) is 0.215. The molecule has 5 atom stereocenters. The van der Waals surface area contributed by atoms with Crippen LogP contribution in [0.25, 0.3) is 0 Å². The van der Waals surface area contributed by atoms with E-state index in [1.807, 2.05) is 77.9 Å². The molecular weight excluding hydrogens is 584 g/mol. The molecule has 4 aromatic rings. The first-order chi connectivity index (χ1) is 21.9. The maximum absolute atomic E-state index is 13.7. The number of carbonyl (C=O) groups excluding carboxylic acids is 2. The fourth-order valence-corrected chi connectivity index (χ4v) is 7.26. The van der Waals surface area contributed by atoms with E-state index in [4.69, 9.17) is 4.74 Å². The molecule has 1 aromatic heterocycles. The summed E-state index contributed by atoms with van der Waals surface area (Å²) in [6, 6.07) is 25.9. The van der Waals surface area contributed by atoms with Crippen molar-refractivity contribution in [1.82, 2.24) is 20.5 Å². The van der Waals surface area contributed by atoms with E-state index < -0.39 is 12.1 Å². The number of benzene rings is 3. The van der Waals surface area contributed by atoms with Crippen molar-refractivity contribution in [3.63, 3.8) is 0 Å². The van der Waals surface area contributed by atoms with Crippen LogP contribution >= 0.6 is 11.3 Å². The fourth-order valence-electron chi connectivity index (χ4n) is 6.32. The fraction of sp³-hybridized carbons (Fsp3) is 0.361. The maximum Gasteiger partial charge on any atom is 0.254 e. The summed E-state index contributed by atoms with van der Waals surface area (Å²) in [6.45, 7) is 3.76. The highest BCUT2D eigenvalue weighted by Crippen LogP contribution is 2.35. The first kappa shape index (κ1) is 31.1. The van der Waals surface area contributed by atoms with Crippen molar-refractivity contribution < 1.29 is 19.4 Å². The third-order valence-corrected chi connectivity index (χ3v) is 9.76. The third-order valence-electron chi connectivity index (χ3n) is 8.70. The second kappa shape index (κ2) is 14.5. The normalized spacial score (nSPS) is 21.0. The number of hydrogen-bond acceptors (Lipinski definition) is 7. The Morgan fingerprint density at radius 1 is 1.04 bits per heavy atom. The number of ether oxygens (including phenoxy) is 1. The average molecular weight is 625 g/mol. The first-order valence-electron chi connectivity index (χ1n) is 15.7. The number of nitrogens with zero attached hydrogens (tertiary/aromatic N) is 2. The molecule has 0 aliphatic carbocycles. The van der Waals surface area contributed by atoms with Crippen molar-refractivity contribution in [2.45, 2.75) is 69.5 Å². The Labute approximate surface area is 268 Å². The van der Waals surface area contributed by atoms with Crippen LogP contribution < -0.4 is 10.6 Å². The minimum absolute atomic E-state index is 0.0386. The lowest BCUT2D eigenvalue weighted by molar-refractivity contribution is 0.0419. The second-order valence-corrected chi connectivity index (χ2v) is 12.9. The topological polar surface area (TPSA) is 104 Å². The summed E-state index contributed by atoms with van der Waals surface area (Å²) in [7, 11) is 0. The highest BCUT2D eigenvalue weighted by Gasteiger charge is 2.36. The molecule has 3 N–H and O–H groups in total. The van der Waals surface area contributed by atoms with E-state index in [-0.39, 0.29) is 30.0 Å². The highest BCUT2D eigenvalue weighted by atomic mass is 32.1. The van der Waals surface area contributed by atoms with Gasteiger partial charge in [0.15, 0.2) is 0 Å². The zero-order chi connectivity index (χ0) is 31.2. The second-order valence-electron chi connectivity index (χ2n) is 12.0. The zero-order valence-corrected chi connectivity index (χ0v) is 26.3. The Kier molecular flexibility index (Phi) is 10.0. The van der Waals surface area contributed by atoms with Gasteiger partial charge in [0.05, 0.1) is 30.9 Å². The molecular formula is C36H40N4O4S. The highest BCUT2D eigenvalue weighted by molar-refractivity contribution is 7.09. The minimum Gasteiger partial charge on any atom is -0.389 e. The Balaban J connectivity index is 1.14. The average Bonchev–Trinajstić information content (AvgIpc) is 3.85. The van der Waals surface area contributed by atoms with Gasteiger partial charge in [0.2, 0.25) is 0 Å². The smallest absolute Gasteiger partial charge is 0.254 e. The van der Waals surface area contributed by atoms with Crippen LogP contribution in [-0.4, -0.2) is 64.2 Å². The van der Waals surface area contributed by atoms with E-state index in [9.17, 15) is 14.7 Å². The van der Waals surface area contributed by atoms with E-state index >= 15 is 0 Å². The molecule has 5 unspecified atom stereocenters. The largest absolute Gasteiger partial charge is 0.389 e. The Bertz CT molecular complexity index is 1580. The van der Waals surface area contributed by atoms with Gasteiger partial charge in [-0.25, -0.2) is 4.98 Å². The standard InChI is InChI=1S/C36H40N4O4S/c1-24-23-45-35(38-24)32-16-9-17-40(32)36(43)28-15-8-14-27(19-28)34(42)39-31(18-25-10-4-2-5-11-25)33(41)30-20-29(21-37-30)44-22-26-12-6-3-7-13-26/h2-8,10-15,19,23,29-33,37,41H,9,16-18,20-22H2,1H3,(H,39,42). The van der Waals surface area contributed by atoms with Crippen LogP contribution in [0.3, 0.4) is 0 Å². The third kappa shape index (κ3) is 7.68. The summed E-state index contributed by atoms with van der Waals surface area (Å²) < 4.78 is 6.13. The number of carbonyl (C=O) groups is 2. The number of aryl methyl sites for hydroxylation is 1. The molecule has 2 saturated heterocycles. The lowest BCUT2D eigenvalue weighted by atomic mass is 9.94. The molecule has 0 spiro atoms. The van der Waals surface area contributed by atoms with Crippen LogP contribution in [-0.2, 0) is 17.8 Å². The predicted molar refractivity (Wildman–Crippen MR) is 175 cm³/mol. The molecule has 9 heteroatoms. The van der Waals surface area contributed by atoms with Crippen LogP contribution in [0.4, 0.5) is 0 Å². The van der Waals surface area contributed by atoms with Crippen molar-refractivity contribution in [1.29, 1.82) is 0 Å². The molecule has 0 radical (unpaired) electrons. The molecule has 45 heavy (non-hydrogen) atoms. The van der Waals surface area contributed by atoms with E-state index in [1.54, 1.807) is 35.6 Å². The van der Waals surface area contributed by atoms with Crippen LogP contribution in [0.2, 0.25) is 0 Å². The van der Waals surface area contributed by atoms with Crippen LogP contribution in [0.15, 0.2) is 90.3 Å². The lowest BCUT2D eigenvalue weighted by Gasteiger charge is -2.29.